The Labute approximate surface area is 334 Å². The second kappa shape index (κ2) is 12.6. The number of hydrogen-bond acceptors (Lipinski definition) is 5. The Morgan fingerprint density at radius 3 is 2.02 bits per heavy atom. The lowest BCUT2D eigenvalue weighted by atomic mass is 9.65. The summed E-state index contributed by atoms with van der Waals surface area (Å²) in [7, 11) is 0. The Morgan fingerprint density at radius 2 is 1.17 bits per heavy atom. The van der Waals surface area contributed by atoms with E-state index >= 15 is 0 Å². The molecule has 0 saturated heterocycles. The topological polar surface area (TPSA) is 64.7 Å². The molecular weight excluding hydrogens is 709 g/mol. The van der Waals surface area contributed by atoms with E-state index in [2.05, 4.69) is 138 Å². The molecular formula is C53H32N4O. The Hall–Kier alpha value is -7.76. The number of fused-ring (bicyclic) bond motifs is 13. The maximum Gasteiger partial charge on any atom is 0.160 e. The Morgan fingerprint density at radius 1 is 0.448 bits per heavy atom. The quantitative estimate of drug-likeness (QED) is 0.180. The van der Waals surface area contributed by atoms with Gasteiger partial charge in [-0.15, -0.1) is 0 Å². The van der Waals surface area contributed by atoms with E-state index in [4.69, 9.17) is 19.4 Å². The van der Waals surface area contributed by atoms with Crippen LogP contribution in [-0.2, 0) is 5.41 Å². The van der Waals surface area contributed by atoms with Crippen molar-refractivity contribution in [1.29, 1.82) is 0 Å². The van der Waals surface area contributed by atoms with Crippen LogP contribution in [0.5, 0.6) is 0 Å². The van der Waals surface area contributed by atoms with Gasteiger partial charge in [0, 0.05) is 57.2 Å². The maximum absolute atomic E-state index is 6.79. The van der Waals surface area contributed by atoms with Gasteiger partial charge in [-0.05, 0) is 81.4 Å². The lowest BCUT2D eigenvalue weighted by Gasteiger charge is -2.35. The molecule has 10 aromatic rings. The van der Waals surface area contributed by atoms with Crippen molar-refractivity contribution in [3.63, 3.8) is 0 Å². The van der Waals surface area contributed by atoms with Gasteiger partial charge in [-0.25, -0.2) is 9.97 Å². The average Bonchev–Trinajstić information content (AvgIpc) is 3.78. The van der Waals surface area contributed by atoms with Gasteiger partial charge in [0.1, 0.15) is 11.2 Å². The molecule has 4 heterocycles. The van der Waals surface area contributed by atoms with Gasteiger partial charge < -0.3 is 4.42 Å². The van der Waals surface area contributed by atoms with Crippen molar-refractivity contribution < 1.29 is 4.42 Å². The molecule has 0 radical (unpaired) electrons. The van der Waals surface area contributed by atoms with Gasteiger partial charge in [0.2, 0.25) is 0 Å². The molecule has 0 N–H and O–H groups in total. The van der Waals surface area contributed by atoms with Gasteiger partial charge in [-0.2, -0.15) is 0 Å². The molecule has 0 bridgehead atoms. The van der Waals surface area contributed by atoms with Crippen LogP contribution in [0.1, 0.15) is 33.4 Å². The molecule has 1 unspecified atom stereocenters. The number of pyridine rings is 2. The first-order valence-corrected chi connectivity index (χ1v) is 19.5. The second-order valence-electron chi connectivity index (χ2n) is 15.0. The Balaban J connectivity index is 1.11. The van der Waals surface area contributed by atoms with Crippen LogP contribution in [-0.4, -0.2) is 19.9 Å². The maximum atomic E-state index is 6.79. The molecule has 58 heavy (non-hydrogen) atoms. The zero-order chi connectivity index (χ0) is 38.2. The van der Waals surface area contributed by atoms with Gasteiger partial charge in [0.15, 0.2) is 5.82 Å². The van der Waals surface area contributed by atoms with Crippen molar-refractivity contribution in [2.45, 2.75) is 5.41 Å². The highest BCUT2D eigenvalue weighted by atomic mass is 16.3. The van der Waals surface area contributed by atoms with Crippen molar-refractivity contribution in [3.8, 4) is 56.3 Å². The van der Waals surface area contributed by atoms with Crippen LogP contribution in [0.25, 0.3) is 90.4 Å². The summed E-state index contributed by atoms with van der Waals surface area (Å²) < 4.78 is 6.79. The Kier molecular flexibility index (Phi) is 7.07. The summed E-state index contributed by atoms with van der Waals surface area (Å²) >= 11 is 0. The molecule has 2 aliphatic rings. The standard InChI is InChI=1S/C53H32N4O/c1-2-12-35(13-3-1)47-30-48(38-24-27-46(55-32-38)37-14-10-28-54-31-37)57-52(56-47)36-23-22-34-21-20-33-11-4-7-17-42(33)53(45(34)29-36)43-18-8-5-16-41(43)50-44(53)26-25-40-39-15-6-9-19-49(39)58-51(40)50/h1-32H. The lowest BCUT2D eigenvalue weighted by molar-refractivity contribution is 0.669. The van der Waals surface area contributed by atoms with Gasteiger partial charge in [0.25, 0.3) is 0 Å². The van der Waals surface area contributed by atoms with Gasteiger partial charge >= 0.3 is 0 Å². The summed E-state index contributed by atoms with van der Waals surface area (Å²) in [6.45, 7) is 0. The molecule has 0 aliphatic heterocycles. The molecule has 5 nitrogen and oxygen atoms in total. The smallest absolute Gasteiger partial charge is 0.160 e. The molecule has 0 amide bonds. The van der Waals surface area contributed by atoms with Crippen molar-refractivity contribution in [1.82, 2.24) is 19.9 Å². The van der Waals surface area contributed by atoms with Crippen molar-refractivity contribution in [2.75, 3.05) is 0 Å². The van der Waals surface area contributed by atoms with Crippen molar-refractivity contribution in [2.24, 2.45) is 0 Å². The van der Waals surface area contributed by atoms with E-state index in [0.717, 1.165) is 72.4 Å². The lowest BCUT2D eigenvalue weighted by Crippen LogP contribution is -2.30. The van der Waals surface area contributed by atoms with Crippen molar-refractivity contribution >= 4 is 34.1 Å². The third-order valence-corrected chi connectivity index (χ3v) is 11.9. The van der Waals surface area contributed by atoms with E-state index in [9.17, 15) is 0 Å². The van der Waals surface area contributed by atoms with Crippen molar-refractivity contribution in [3.05, 3.63) is 216 Å². The average molecular weight is 741 g/mol. The van der Waals surface area contributed by atoms with Gasteiger partial charge in [-0.3, -0.25) is 9.97 Å². The number of rotatable bonds is 4. The van der Waals surface area contributed by atoms with E-state index < -0.39 is 5.41 Å². The summed E-state index contributed by atoms with van der Waals surface area (Å²) in [5, 5.41) is 2.24. The summed E-state index contributed by atoms with van der Waals surface area (Å²) in [4.78, 5) is 19.7. The molecule has 270 valence electrons. The van der Waals surface area contributed by atoms with E-state index in [1.807, 2.05) is 54.9 Å². The zero-order valence-electron chi connectivity index (χ0n) is 31.2. The second-order valence-corrected chi connectivity index (χ2v) is 15.0. The summed E-state index contributed by atoms with van der Waals surface area (Å²) in [6, 6.07) is 57.8. The van der Waals surface area contributed by atoms with E-state index in [-0.39, 0.29) is 0 Å². The number of furan rings is 1. The number of hydrogen-bond donors (Lipinski definition) is 0. The molecule has 1 spiro atoms. The zero-order valence-corrected chi connectivity index (χ0v) is 31.2. The number of para-hydroxylation sites is 1. The highest BCUT2D eigenvalue weighted by molar-refractivity contribution is 6.12. The minimum Gasteiger partial charge on any atom is -0.455 e. The van der Waals surface area contributed by atoms with Crippen LogP contribution in [0.15, 0.2) is 187 Å². The highest BCUT2D eigenvalue weighted by Gasteiger charge is 2.49. The summed E-state index contributed by atoms with van der Waals surface area (Å²) in [5.74, 6) is 0.645. The first kappa shape index (κ1) is 32.5. The van der Waals surface area contributed by atoms with Crippen LogP contribution in [0, 0.1) is 0 Å². The predicted octanol–water partition coefficient (Wildman–Crippen LogP) is 12.7. The van der Waals surface area contributed by atoms with Crippen LogP contribution >= 0.6 is 0 Å². The fourth-order valence-corrected chi connectivity index (χ4v) is 9.31. The number of aromatic nitrogens is 4. The van der Waals surface area contributed by atoms with Crippen LogP contribution < -0.4 is 0 Å². The minimum absolute atomic E-state index is 0.645. The molecule has 0 fully saturated rings. The molecule has 1 atom stereocenters. The van der Waals surface area contributed by atoms with Gasteiger partial charge in [-0.1, -0.05) is 133 Å². The summed E-state index contributed by atoms with van der Waals surface area (Å²) in [6.07, 6.45) is 10.0. The number of benzene rings is 6. The van der Waals surface area contributed by atoms with Crippen LogP contribution in [0.4, 0.5) is 0 Å². The van der Waals surface area contributed by atoms with Gasteiger partial charge in [0.05, 0.1) is 22.5 Å². The molecule has 12 rings (SSSR count). The molecule has 4 aromatic heterocycles. The predicted molar refractivity (Wildman–Crippen MR) is 233 cm³/mol. The molecule has 6 aromatic carbocycles. The number of nitrogens with zero attached hydrogens (tertiary/aromatic N) is 4. The van der Waals surface area contributed by atoms with E-state index in [0.29, 0.717) is 5.82 Å². The normalized spacial score (nSPS) is 14.9. The molecule has 2 aliphatic carbocycles. The Bertz CT molecular complexity index is 3280. The fourth-order valence-electron chi connectivity index (χ4n) is 9.31. The van der Waals surface area contributed by atoms with Crippen LogP contribution in [0.3, 0.4) is 0 Å². The third-order valence-electron chi connectivity index (χ3n) is 11.9. The largest absolute Gasteiger partial charge is 0.455 e. The fraction of sp³-hybridized carbons (Fsp3) is 0.0189. The van der Waals surface area contributed by atoms with Crippen LogP contribution in [0.2, 0.25) is 0 Å². The molecule has 5 heteroatoms. The highest BCUT2D eigenvalue weighted by Crippen LogP contribution is 2.60. The first-order valence-electron chi connectivity index (χ1n) is 19.5. The van der Waals surface area contributed by atoms with E-state index in [1.165, 1.54) is 33.4 Å². The van der Waals surface area contributed by atoms with E-state index in [1.54, 1.807) is 6.20 Å². The third kappa shape index (κ3) is 4.77. The monoisotopic (exact) mass is 740 g/mol. The summed E-state index contributed by atoms with van der Waals surface area (Å²) in [5.41, 5.74) is 17.0. The molecule has 0 saturated carbocycles. The minimum atomic E-state index is -0.656. The SMILES string of the molecule is C1=Cc2ccc(-c3nc(-c4ccccc4)cc(-c4ccc(-c5cccnc5)nc4)n3)cc2C2(c3ccccc31)c1ccccc1-c1c2ccc2c1oc1ccccc12. The first-order chi connectivity index (χ1) is 28.7.